The molecule has 31 heavy (non-hydrogen) atoms. The topological polar surface area (TPSA) is 116 Å². The summed E-state index contributed by atoms with van der Waals surface area (Å²) in [6.45, 7) is 4.17. The van der Waals surface area contributed by atoms with E-state index in [0.717, 1.165) is 36.5 Å². The standard InChI is InChI=1S/C21H23N7O2S/c1-13-7-8-16-18(11-13)31-20(24-16)27-10-9-19(25-27)30-12-15-14(2)5-4-6-17(15)28(23)21(29)26(3)22/h4-11H,12,22-23H2,1-3H3. The number of urea groups is 1. The molecule has 160 valence electrons. The van der Waals surface area contributed by atoms with E-state index in [0.29, 0.717) is 11.6 Å². The number of hydrazine groups is 2. The van der Waals surface area contributed by atoms with Crippen molar-refractivity contribution in [3.05, 3.63) is 65.4 Å². The first-order chi connectivity index (χ1) is 14.8. The van der Waals surface area contributed by atoms with Crippen LogP contribution < -0.4 is 21.4 Å². The van der Waals surface area contributed by atoms with Crippen LogP contribution in [0.25, 0.3) is 15.3 Å². The SMILES string of the molecule is Cc1ccc2nc(-n3ccc(OCc4c(C)cccc4N(N)C(=O)N(C)N)n3)sc2c1. The molecule has 0 saturated carbocycles. The molecule has 0 aliphatic rings. The van der Waals surface area contributed by atoms with Crippen LogP contribution in [0.3, 0.4) is 0 Å². The predicted octanol–water partition coefficient (Wildman–Crippen LogP) is 3.28. The van der Waals surface area contributed by atoms with E-state index in [4.69, 9.17) is 16.4 Å². The van der Waals surface area contributed by atoms with Crippen LogP contribution in [-0.4, -0.2) is 32.9 Å². The van der Waals surface area contributed by atoms with Crippen molar-refractivity contribution < 1.29 is 9.53 Å². The van der Waals surface area contributed by atoms with Gasteiger partial charge >= 0.3 is 6.03 Å². The minimum atomic E-state index is -0.540. The Morgan fingerprint density at radius 1 is 1.19 bits per heavy atom. The molecule has 2 aromatic heterocycles. The number of ether oxygens (including phenoxy) is 1. The molecule has 0 fully saturated rings. The second-order valence-electron chi connectivity index (χ2n) is 7.19. The molecule has 0 radical (unpaired) electrons. The van der Waals surface area contributed by atoms with Crippen LogP contribution in [0, 0.1) is 13.8 Å². The van der Waals surface area contributed by atoms with Crippen molar-refractivity contribution in [1.29, 1.82) is 0 Å². The average Bonchev–Trinajstić information content (AvgIpc) is 3.38. The van der Waals surface area contributed by atoms with Gasteiger partial charge in [-0.15, -0.1) is 5.10 Å². The highest BCUT2D eigenvalue weighted by Crippen LogP contribution is 2.27. The predicted molar refractivity (Wildman–Crippen MR) is 121 cm³/mol. The highest BCUT2D eigenvalue weighted by Gasteiger charge is 2.19. The minimum Gasteiger partial charge on any atom is -0.472 e. The highest BCUT2D eigenvalue weighted by molar-refractivity contribution is 7.20. The normalized spacial score (nSPS) is 11.0. The van der Waals surface area contributed by atoms with Crippen molar-refractivity contribution >= 4 is 33.3 Å². The van der Waals surface area contributed by atoms with Crippen molar-refractivity contribution in [1.82, 2.24) is 19.8 Å². The molecule has 10 heteroatoms. The van der Waals surface area contributed by atoms with Crippen LogP contribution in [0.5, 0.6) is 5.88 Å². The number of nitrogens with two attached hydrogens (primary N) is 2. The fourth-order valence-corrected chi connectivity index (χ4v) is 4.13. The van der Waals surface area contributed by atoms with Gasteiger partial charge in [0.05, 0.1) is 15.9 Å². The number of carbonyl (C=O) groups is 1. The maximum atomic E-state index is 12.2. The molecule has 0 spiro atoms. The third kappa shape index (κ3) is 4.22. The summed E-state index contributed by atoms with van der Waals surface area (Å²) in [5.74, 6) is 12.0. The Hall–Kier alpha value is -3.47. The number of carbonyl (C=O) groups excluding carboxylic acids is 1. The van der Waals surface area contributed by atoms with Crippen molar-refractivity contribution in [3.8, 4) is 11.0 Å². The summed E-state index contributed by atoms with van der Waals surface area (Å²) in [5, 5.41) is 7.18. The third-order valence-electron chi connectivity index (χ3n) is 4.81. The van der Waals surface area contributed by atoms with E-state index in [1.54, 1.807) is 34.3 Å². The monoisotopic (exact) mass is 437 g/mol. The maximum absolute atomic E-state index is 12.2. The zero-order valence-corrected chi connectivity index (χ0v) is 18.3. The largest absolute Gasteiger partial charge is 0.472 e. The van der Waals surface area contributed by atoms with Gasteiger partial charge in [0.25, 0.3) is 0 Å². The van der Waals surface area contributed by atoms with Crippen molar-refractivity contribution in [2.75, 3.05) is 12.1 Å². The molecule has 2 heterocycles. The van der Waals surface area contributed by atoms with Gasteiger partial charge < -0.3 is 4.74 Å². The molecule has 9 nitrogen and oxygen atoms in total. The molecule has 0 saturated heterocycles. The highest BCUT2D eigenvalue weighted by atomic mass is 32.1. The molecule has 0 aliphatic heterocycles. The summed E-state index contributed by atoms with van der Waals surface area (Å²) in [6, 6.07) is 12.9. The van der Waals surface area contributed by atoms with Crippen LogP contribution in [0.15, 0.2) is 48.7 Å². The average molecular weight is 438 g/mol. The van der Waals surface area contributed by atoms with E-state index < -0.39 is 6.03 Å². The second kappa shape index (κ2) is 8.34. The van der Waals surface area contributed by atoms with Crippen LogP contribution >= 0.6 is 11.3 Å². The number of amides is 2. The molecule has 0 atom stereocenters. The van der Waals surface area contributed by atoms with Crippen LogP contribution in [0.2, 0.25) is 0 Å². The maximum Gasteiger partial charge on any atom is 0.352 e. The lowest BCUT2D eigenvalue weighted by molar-refractivity contribution is 0.216. The molecular formula is C21H23N7O2S. The number of nitrogens with zero attached hydrogens (tertiary/aromatic N) is 5. The molecule has 2 aromatic carbocycles. The fraction of sp³-hybridized carbons (Fsp3) is 0.190. The number of anilines is 1. The van der Waals surface area contributed by atoms with Crippen LogP contribution in [-0.2, 0) is 6.61 Å². The van der Waals surface area contributed by atoms with Gasteiger partial charge in [-0.1, -0.05) is 29.5 Å². The molecule has 2 amide bonds. The Balaban J connectivity index is 1.54. The molecular weight excluding hydrogens is 414 g/mol. The van der Waals surface area contributed by atoms with Gasteiger partial charge in [0.1, 0.15) is 6.61 Å². The Kier molecular flexibility index (Phi) is 5.59. The first kappa shape index (κ1) is 20.8. The van der Waals surface area contributed by atoms with Gasteiger partial charge in [-0.25, -0.2) is 31.2 Å². The first-order valence-corrected chi connectivity index (χ1v) is 10.4. The zero-order valence-electron chi connectivity index (χ0n) is 17.4. The number of rotatable bonds is 5. The summed E-state index contributed by atoms with van der Waals surface area (Å²) in [4.78, 5) is 16.8. The van der Waals surface area contributed by atoms with Gasteiger partial charge in [-0.3, -0.25) is 5.01 Å². The van der Waals surface area contributed by atoms with E-state index >= 15 is 0 Å². The third-order valence-corrected chi connectivity index (χ3v) is 5.82. The molecule has 4 aromatic rings. The minimum absolute atomic E-state index is 0.188. The fourth-order valence-electron chi connectivity index (χ4n) is 3.13. The quantitative estimate of drug-likeness (QED) is 0.281. The lowest BCUT2D eigenvalue weighted by atomic mass is 10.1. The number of aromatic nitrogens is 3. The van der Waals surface area contributed by atoms with Gasteiger partial charge in [0, 0.05) is 24.9 Å². The lowest BCUT2D eigenvalue weighted by Crippen LogP contribution is -2.49. The smallest absolute Gasteiger partial charge is 0.352 e. The summed E-state index contributed by atoms with van der Waals surface area (Å²) >= 11 is 1.56. The zero-order chi connectivity index (χ0) is 22.1. The number of benzene rings is 2. The van der Waals surface area contributed by atoms with Gasteiger partial charge in [-0.05, 0) is 43.2 Å². The molecule has 0 bridgehead atoms. The van der Waals surface area contributed by atoms with Crippen molar-refractivity contribution in [3.63, 3.8) is 0 Å². The molecule has 4 N–H and O–H groups in total. The lowest BCUT2D eigenvalue weighted by Gasteiger charge is -2.24. The molecule has 0 aliphatic carbocycles. The number of aryl methyl sites for hydroxylation is 2. The van der Waals surface area contributed by atoms with Crippen LogP contribution in [0.1, 0.15) is 16.7 Å². The number of fused-ring (bicyclic) bond motifs is 1. The van der Waals surface area contributed by atoms with E-state index in [1.165, 1.54) is 12.6 Å². The summed E-state index contributed by atoms with van der Waals surface area (Å²) in [6.07, 6.45) is 1.81. The van der Waals surface area contributed by atoms with E-state index in [9.17, 15) is 4.79 Å². The van der Waals surface area contributed by atoms with Crippen LogP contribution in [0.4, 0.5) is 10.5 Å². The summed E-state index contributed by atoms with van der Waals surface area (Å²) in [5.41, 5.74) is 4.34. The number of hydrogen-bond acceptors (Lipinski definition) is 7. The van der Waals surface area contributed by atoms with E-state index in [2.05, 4.69) is 23.1 Å². The first-order valence-electron chi connectivity index (χ1n) is 9.55. The molecule has 4 rings (SSSR count). The van der Waals surface area contributed by atoms with Crippen molar-refractivity contribution in [2.24, 2.45) is 11.7 Å². The second-order valence-corrected chi connectivity index (χ2v) is 8.20. The van der Waals surface area contributed by atoms with Crippen molar-refractivity contribution in [2.45, 2.75) is 20.5 Å². The molecule has 0 unspecified atom stereocenters. The van der Waals surface area contributed by atoms with E-state index in [-0.39, 0.29) is 6.61 Å². The Labute approximate surface area is 183 Å². The van der Waals surface area contributed by atoms with Gasteiger partial charge in [0.15, 0.2) is 0 Å². The summed E-state index contributed by atoms with van der Waals surface area (Å²) in [7, 11) is 1.43. The van der Waals surface area contributed by atoms with Gasteiger partial charge in [-0.2, -0.15) is 0 Å². The number of hydrogen-bond donors (Lipinski definition) is 2. The Bertz CT molecular complexity index is 1250. The Morgan fingerprint density at radius 3 is 2.77 bits per heavy atom. The van der Waals surface area contributed by atoms with Gasteiger partial charge in [0.2, 0.25) is 11.0 Å². The van der Waals surface area contributed by atoms with E-state index in [1.807, 2.05) is 31.2 Å². The number of thiazole rings is 1. The Morgan fingerprint density at radius 2 is 2.00 bits per heavy atom. The summed E-state index contributed by atoms with van der Waals surface area (Å²) < 4.78 is 8.70.